The van der Waals surface area contributed by atoms with E-state index in [0.29, 0.717) is 11.5 Å². The van der Waals surface area contributed by atoms with E-state index in [1.165, 1.54) is 25.0 Å². The normalized spacial score (nSPS) is 14.7. The molecule has 1 aliphatic rings. The highest BCUT2D eigenvalue weighted by molar-refractivity contribution is 5.87. The molecular formula is C16H20FNO2. The largest absolute Gasteiger partial charge is 0.478 e. The van der Waals surface area contributed by atoms with Crippen LogP contribution in [0.4, 0.5) is 10.1 Å². The third-order valence-electron chi connectivity index (χ3n) is 3.43. The highest BCUT2D eigenvalue weighted by Crippen LogP contribution is 2.33. The molecule has 1 N–H and O–H groups in total. The minimum atomic E-state index is -1.07. The van der Waals surface area contributed by atoms with Crippen LogP contribution in [0.1, 0.15) is 31.7 Å². The lowest BCUT2D eigenvalue weighted by atomic mass is 10.1. The summed E-state index contributed by atoms with van der Waals surface area (Å²) in [7, 11) is 0. The first-order chi connectivity index (χ1) is 9.61. The molecule has 0 aromatic heterocycles. The van der Waals surface area contributed by atoms with Crippen LogP contribution in [0.15, 0.2) is 24.3 Å². The number of halogens is 1. The van der Waals surface area contributed by atoms with Crippen LogP contribution >= 0.6 is 0 Å². The van der Waals surface area contributed by atoms with Gasteiger partial charge in [0.2, 0.25) is 0 Å². The van der Waals surface area contributed by atoms with Crippen molar-refractivity contribution in [2.45, 2.75) is 26.2 Å². The molecule has 0 radical (unpaired) electrons. The minimum Gasteiger partial charge on any atom is -0.478 e. The van der Waals surface area contributed by atoms with Crippen LogP contribution in [-0.4, -0.2) is 24.2 Å². The van der Waals surface area contributed by atoms with Gasteiger partial charge < -0.3 is 10.0 Å². The quantitative estimate of drug-likeness (QED) is 0.775. The van der Waals surface area contributed by atoms with Crippen molar-refractivity contribution in [3.63, 3.8) is 0 Å². The number of hydrogen-bond acceptors (Lipinski definition) is 2. The van der Waals surface area contributed by atoms with Crippen molar-refractivity contribution in [2.24, 2.45) is 5.92 Å². The highest BCUT2D eigenvalue weighted by Gasteiger charge is 2.25. The van der Waals surface area contributed by atoms with Gasteiger partial charge in [0.15, 0.2) is 0 Å². The number of carbonyl (C=O) groups is 1. The second-order valence-corrected chi connectivity index (χ2v) is 5.23. The average Bonchev–Trinajstić information content (AvgIpc) is 3.20. The molecule has 0 atom stereocenters. The maximum Gasteiger partial charge on any atom is 0.328 e. The summed E-state index contributed by atoms with van der Waals surface area (Å²) in [4.78, 5) is 12.8. The summed E-state index contributed by atoms with van der Waals surface area (Å²) in [6.07, 6.45) is 5.78. The van der Waals surface area contributed by atoms with Gasteiger partial charge in [0, 0.05) is 30.4 Å². The molecule has 1 aliphatic carbocycles. The lowest BCUT2D eigenvalue weighted by Crippen LogP contribution is -2.27. The molecule has 108 valence electrons. The summed E-state index contributed by atoms with van der Waals surface area (Å²) in [5.74, 6) is -0.749. The Hall–Kier alpha value is -1.84. The fraction of sp³-hybridized carbons (Fsp3) is 0.438. The number of nitrogens with zero attached hydrogens (tertiary/aromatic N) is 1. The molecule has 0 saturated heterocycles. The van der Waals surface area contributed by atoms with E-state index in [0.717, 1.165) is 31.3 Å². The van der Waals surface area contributed by atoms with Crippen LogP contribution in [-0.2, 0) is 4.79 Å². The summed E-state index contributed by atoms with van der Waals surface area (Å²) < 4.78 is 14.0. The zero-order valence-electron chi connectivity index (χ0n) is 11.7. The predicted molar refractivity (Wildman–Crippen MR) is 78.3 cm³/mol. The maximum atomic E-state index is 14.0. The molecule has 0 unspecified atom stereocenters. The fourth-order valence-electron chi connectivity index (χ4n) is 2.31. The molecule has 3 nitrogen and oxygen atoms in total. The molecule has 2 rings (SSSR count). The highest BCUT2D eigenvalue weighted by atomic mass is 19.1. The Morgan fingerprint density at radius 2 is 2.25 bits per heavy atom. The second-order valence-electron chi connectivity index (χ2n) is 5.23. The van der Waals surface area contributed by atoms with Gasteiger partial charge in [0.25, 0.3) is 0 Å². The molecule has 1 aromatic carbocycles. The van der Waals surface area contributed by atoms with Gasteiger partial charge >= 0.3 is 5.97 Å². The van der Waals surface area contributed by atoms with Gasteiger partial charge in [0.1, 0.15) is 5.82 Å². The number of aliphatic carboxylic acids is 1. The van der Waals surface area contributed by atoms with Gasteiger partial charge in [-0.3, -0.25) is 0 Å². The van der Waals surface area contributed by atoms with E-state index in [1.807, 2.05) is 6.07 Å². The first-order valence-corrected chi connectivity index (χ1v) is 7.06. The molecule has 20 heavy (non-hydrogen) atoms. The summed E-state index contributed by atoms with van der Waals surface area (Å²) in [6.45, 7) is 3.87. The van der Waals surface area contributed by atoms with E-state index in [-0.39, 0.29) is 5.82 Å². The number of carboxylic acids is 1. The first-order valence-electron chi connectivity index (χ1n) is 7.06. The molecule has 1 aromatic rings. The average molecular weight is 277 g/mol. The van der Waals surface area contributed by atoms with Crippen molar-refractivity contribution in [1.29, 1.82) is 0 Å². The number of hydrogen-bond donors (Lipinski definition) is 1. The minimum absolute atomic E-state index is 0.365. The first kappa shape index (κ1) is 14.6. The zero-order valence-corrected chi connectivity index (χ0v) is 11.7. The van der Waals surface area contributed by atoms with E-state index in [2.05, 4.69) is 11.8 Å². The van der Waals surface area contributed by atoms with Crippen molar-refractivity contribution in [3.05, 3.63) is 35.7 Å². The monoisotopic (exact) mass is 277 g/mol. The molecule has 0 heterocycles. The smallest absolute Gasteiger partial charge is 0.328 e. The van der Waals surface area contributed by atoms with Crippen molar-refractivity contribution in [3.8, 4) is 0 Å². The van der Waals surface area contributed by atoms with Crippen molar-refractivity contribution in [1.82, 2.24) is 0 Å². The molecule has 0 bridgehead atoms. The maximum absolute atomic E-state index is 14.0. The van der Waals surface area contributed by atoms with E-state index in [1.54, 1.807) is 6.07 Å². The zero-order chi connectivity index (χ0) is 14.5. The standard InChI is InChI=1S/C16H20FNO2/c1-2-10-18(11-12-6-7-12)15-5-3-4-14(17)13(15)8-9-16(19)20/h3-5,8-9,12H,2,6-7,10-11H2,1H3,(H,19,20)/b9-8+. The number of anilines is 1. The Balaban J connectivity index is 2.31. The summed E-state index contributed by atoms with van der Waals surface area (Å²) in [5, 5.41) is 8.73. The van der Waals surface area contributed by atoms with E-state index < -0.39 is 5.97 Å². The summed E-state index contributed by atoms with van der Waals surface area (Å²) >= 11 is 0. The Labute approximate surface area is 118 Å². The Bertz CT molecular complexity index is 509. The van der Waals surface area contributed by atoms with Gasteiger partial charge in [-0.2, -0.15) is 0 Å². The van der Waals surface area contributed by atoms with Gasteiger partial charge in [-0.15, -0.1) is 0 Å². The Kier molecular flexibility index (Phi) is 4.77. The van der Waals surface area contributed by atoms with Gasteiger partial charge in [-0.1, -0.05) is 13.0 Å². The number of rotatable bonds is 7. The second kappa shape index (κ2) is 6.55. The van der Waals surface area contributed by atoms with E-state index >= 15 is 0 Å². The summed E-state index contributed by atoms with van der Waals surface area (Å²) in [5.41, 5.74) is 1.15. The van der Waals surface area contributed by atoms with E-state index in [9.17, 15) is 9.18 Å². The Morgan fingerprint density at radius 3 is 2.85 bits per heavy atom. The topological polar surface area (TPSA) is 40.5 Å². The molecule has 0 amide bonds. The van der Waals surface area contributed by atoms with Crippen molar-refractivity contribution >= 4 is 17.7 Å². The van der Waals surface area contributed by atoms with Gasteiger partial charge in [-0.05, 0) is 43.4 Å². The molecular weight excluding hydrogens is 257 g/mol. The number of benzene rings is 1. The van der Waals surface area contributed by atoms with Crippen LogP contribution in [0.25, 0.3) is 6.08 Å². The predicted octanol–water partition coefficient (Wildman–Crippen LogP) is 3.55. The SMILES string of the molecule is CCCN(CC1CC1)c1cccc(F)c1/C=C/C(=O)O. The molecule has 1 saturated carbocycles. The lowest BCUT2D eigenvalue weighted by molar-refractivity contribution is -0.131. The summed E-state index contributed by atoms with van der Waals surface area (Å²) in [6, 6.07) is 4.91. The number of carboxylic acid groups (broad SMARTS) is 1. The fourth-order valence-corrected chi connectivity index (χ4v) is 2.31. The van der Waals surface area contributed by atoms with Crippen LogP contribution < -0.4 is 4.90 Å². The van der Waals surface area contributed by atoms with Crippen LogP contribution in [0.3, 0.4) is 0 Å². The molecule has 0 aliphatic heterocycles. The molecule has 1 fully saturated rings. The van der Waals surface area contributed by atoms with Crippen molar-refractivity contribution in [2.75, 3.05) is 18.0 Å². The van der Waals surface area contributed by atoms with Crippen LogP contribution in [0.2, 0.25) is 0 Å². The lowest BCUT2D eigenvalue weighted by Gasteiger charge is -2.26. The van der Waals surface area contributed by atoms with E-state index in [4.69, 9.17) is 5.11 Å². The van der Waals surface area contributed by atoms with Crippen LogP contribution in [0.5, 0.6) is 0 Å². The van der Waals surface area contributed by atoms with Crippen molar-refractivity contribution < 1.29 is 14.3 Å². The third kappa shape index (κ3) is 3.83. The third-order valence-corrected chi connectivity index (χ3v) is 3.43. The Morgan fingerprint density at radius 1 is 1.50 bits per heavy atom. The van der Waals surface area contributed by atoms with Crippen LogP contribution in [0, 0.1) is 11.7 Å². The molecule has 0 spiro atoms. The van der Waals surface area contributed by atoms with Gasteiger partial charge in [-0.25, -0.2) is 9.18 Å². The molecule has 4 heteroatoms. The van der Waals surface area contributed by atoms with Gasteiger partial charge in [0.05, 0.1) is 0 Å².